The van der Waals surface area contributed by atoms with Crippen LogP contribution in [0.2, 0.25) is 0 Å². The van der Waals surface area contributed by atoms with E-state index in [-0.39, 0.29) is 0 Å². The number of rotatable bonds is 3. The number of hydrogen-bond acceptors (Lipinski definition) is 5. The highest BCUT2D eigenvalue weighted by Crippen LogP contribution is 2.20. The lowest BCUT2D eigenvalue weighted by Gasteiger charge is -2.21. The second-order valence-corrected chi connectivity index (χ2v) is 4.36. The second kappa shape index (κ2) is 4.61. The lowest BCUT2D eigenvalue weighted by Crippen LogP contribution is -2.22. The van der Waals surface area contributed by atoms with Crippen molar-refractivity contribution in [2.24, 2.45) is 5.92 Å². The van der Waals surface area contributed by atoms with Gasteiger partial charge in [-0.05, 0) is 30.3 Å². The van der Waals surface area contributed by atoms with Gasteiger partial charge in [-0.25, -0.2) is 0 Å². The molecule has 1 fully saturated rings. The Kier molecular flexibility index (Phi) is 3.21. The maximum absolute atomic E-state index is 5.53. The van der Waals surface area contributed by atoms with E-state index in [2.05, 4.69) is 9.69 Å². The van der Waals surface area contributed by atoms with Gasteiger partial charge in [-0.3, -0.25) is 0 Å². The molecule has 2 rings (SSSR count). The summed E-state index contributed by atoms with van der Waals surface area (Å²) < 4.78 is 9.31. The second-order valence-electron chi connectivity index (χ2n) is 3.55. The van der Waals surface area contributed by atoms with Crippen molar-refractivity contribution < 1.29 is 4.74 Å². The number of hydrogen-bond donors (Lipinski definition) is 2. The minimum Gasteiger partial charge on any atom is -0.383 e. The quantitative estimate of drug-likeness (QED) is 0.800. The third-order valence-corrected chi connectivity index (χ3v) is 3.20. The van der Waals surface area contributed by atoms with E-state index in [1.807, 2.05) is 6.07 Å². The van der Waals surface area contributed by atoms with Crippen molar-refractivity contribution in [3.63, 3.8) is 0 Å². The van der Waals surface area contributed by atoms with Crippen molar-refractivity contribution >= 4 is 22.4 Å². The van der Waals surface area contributed by atoms with Gasteiger partial charge in [-0.1, -0.05) is 0 Å². The van der Waals surface area contributed by atoms with E-state index < -0.39 is 0 Å². The molecule has 0 spiro atoms. The fraction of sp³-hybridized carbons (Fsp3) is 0.667. The van der Waals surface area contributed by atoms with Crippen LogP contribution >= 0.6 is 11.5 Å². The van der Waals surface area contributed by atoms with Crippen molar-refractivity contribution in [1.29, 1.82) is 0 Å². The van der Waals surface area contributed by atoms with E-state index in [4.69, 9.17) is 10.5 Å². The van der Waals surface area contributed by atoms with E-state index in [1.165, 1.54) is 11.5 Å². The summed E-state index contributed by atoms with van der Waals surface area (Å²) in [6, 6.07) is 1.88. The molecule has 1 aromatic heterocycles. The van der Waals surface area contributed by atoms with Crippen LogP contribution in [0, 0.1) is 5.92 Å². The van der Waals surface area contributed by atoms with Crippen LogP contribution in [0.1, 0.15) is 12.8 Å². The van der Waals surface area contributed by atoms with Gasteiger partial charge < -0.3 is 15.8 Å². The Hall–Kier alpha value is -0.810. The average Bonchev–Trinajstić information content (AvgIpc) is 2.63. The van der Waals surface area contributed by atoms with E-state index in [0.29, 0.717) is 5.82 Å². The summed E-state index contributed by atoms with van der Waals surface area (Å²) in [5.74, 6) is 1.33. The van der Waals surface area contributed by atoms with Gasteiger partial charge in [0.05, 0.1) is 0 Å². The standard InChI is InChI=1S/C9H15N3OS/c10-8-5-9(14-12-8)11-6-7-1-3-13-4-2-7/h5,7,11H,1-4,6H2,(H2,10,12). The molecule has 78 valence electrons. The molecule has 0 aromatic carbocycles. The number of nitrogens with zero attached hydrogens (tertiary/aromatic N) is 1. The Morgan fingerprint density at radius 3 is 3.00 bits per heavy atom. The van der Waals surface area contributed by atoms with Crippen LogP contribution < -0.4 is 11.1 Å². The van der Waals surface area contributed by atoms with Gasteiger partial charge in [0.25, 0.3) is 0 Å². The van der Waals surface area contributed by atoms with E-state index >= 15 is 0 Å². The molecule has 1 aliphatic heterocycles. The number of anilines is 2. The first-order chi connectivity index (χ1) is 6.84. The van der Waals surface area contributed by atoms with Crippen LogP contribution in [-0.4, -0.2) is 24.1 Å². The molecular formula is C9H15N3OS. The molecule has 4 nitrogen and oxygen atoms in total. The first-order valence-electron chi connectivity index (χ1n) is 4.88. The third-order valence-electron chi connectivity index (χ3n) is 2.43. The molecule has 0 amide bonds. The number of ether oxygens (including phenoxy) is 1. The molecular weight excluding hydrogens is 198 g/mol. The molecule has 0 atom stereocenters. The van der Waals surface area contributed by atoms with E-state index in [9.17, 15) is 0 Å². The number of nitrogen functional groups attached to an aromatic ring is 1. The van der Waals surface area contributed by atoms with Gasteiger partial charge in [0.2, 0.25) is 0 Å². The molecule has 0 aliphatic carbocycles. The van der Waals surface area contributed by atoms with Gasteiger partial charge in [-0.15, -0.1) is 0 Å². The van der Waals surface area contributed by atoms with Crippen molar-refractivity contribution in [3.05, 3.63) is 6.07 Å². The summed E-state index contributed by atoms with van der Waals surface area (Å²) in [4.78, 5) is 0. The third kappa shape index (κ3) is 2.59. The van der Waals surface area contributed by atoms with Gasteiger partial charge in [-0.2, -0.15) is 4.37 Å². The summed E-state index contributed by atoms with van der Waals surface area (Å²) in [6.07, 6.45) is 2.31. The Labute approximate surface area is 87.6 Å². The summed E-state index contributed by atoms with van der Waals surface area (Å²) >= 11 is 1.42. The minimum absolute atomic E-state index is 0.601. The maximum atomic E-state index is 5.53. The van der Waals surface area contributed by atoms with Gasteiger partial charge in [0.1, 0.15) is 10.8 Å². The average molecular weight is 213 g/mol. The highest BCUT2D eigenvalue weighted by molar-refractivity contribution is 7.10. The molecule has 0 bridgehead atoms. The van der Waals surface area contributed by atoms with Crippen LogP contribution in [-0.2, 0) is 4.74 Å². The molecule has 14 heavy (non-hydrogen) atoms. The highest BCUT2D eigenvalue weighted by Gasteiger charge is 2.13. The SMILES string of the molecule is Nc1cc(NCC2CCOCC2)sn1. The van der Waals surface area contributed by atoms with Crippen LogP contribution in [0.25, 0.3) is 0 Å². The zero-order valence-electron chi connectivity index (χ0n) is 8.03. The Bertz CT molecular complexity index is 283. The lowest BCUT2D eigenvalue weighted by atomic mass is 10.0. The molecule has 2 heterocycles. The van der Waals surface area contributed by atoms with Crippen molar-refractivity contribution in [1.82, 2.24) is 4.37 Å². The molecule has 0 unspecified atom stereocenters. The topological polar surface area (TPSA) is 60.2 Å². The van der Waals surface area contributed by atoms with Gasteiger partial charge in [0, 0.05) is 25.8 Å². The molecule has 1 saturated heterocycles. The monoisotopic (exact) mass is 213 g/mol. The molecule has 3 N–H and O–H groups in total. The zero-order chi connectivity index (χ0) is 9.80. The lowest BCUT2D eigenvalue weighted by molar-refractivity contribution is 0.0699. The van der Waals surface area contributed by atoms with Crippen LogP contribution in [0.3, 0.4) is 0 Å². The van der Waals surface area contributed by atoms with Gasteiger partial charge in [0.15, 0.2) is 0 Å². The fourth-order valence-electron chi connectivity index (χ4n) is 1.57. The molecule has 1 aliphatic rings. The fourth-order valence-corrected chi connectivity index (χ4v) is 2.15. The molecule has 0 saturated carbocycles. The Balaban J connectivity index is 1.76. The highest BCUT2D eigenvalue weighted by atomic mass is 32.1. The van der Waals surface area contributed by atoms with Crippen molar-refractivity contribution in [2.75, 3.05) is 30.8 Å². The van der Waals surface area contributed by atoms with E-state index in [0.717, 1.165) is 43.5 Å². The van der Waals surface area contributed by atoms with Crippen LogP contribution in [0.5, 0.6) is 0 Å². The molecule has 5 heteroatoms. The molecule has 0 radical (unpaired) electrons. The first kappa shape index (κ1) is 9.73. The normalized spacial score (nSPS) is 18.3. The van der Waals surface area contributed by atoms with Crippen molar-refractivity contribution in [3.8, 4) is 0 Å². The van der Waals surface area contributed by atoms with E-state index in [1.54, 1.807) is 0 Å². The zero-order valence-corrected chi connectivity index (χ0v) is 8.85. The van der Waals surface area contributed by atoms with Crippen LogP contribution in [0.15, 0.2) is 6.07 Å². The van der Waals surface area contributed by atoms with Crippen molar-refractivity contribution in [2.45, 2.75) is 12.8 Å². The maximum Gasteiger partial charge on any atom is 0.139 e. The predicted octanol–water partition coefficient (Wildman–Crippen LogP) is 1.56. The summed E-state index contributed by atoms with van der Waals surface area (Å²) in [7, 11) is 0. The predicted molar refractivity (Wildman–Crippen MR) is 58.6 cm³/mol. The molecule has 1 aromatic rings. The summed E-state index contributed by atoms with van der Waals surface area (Å²) in [5.41, 5.74) is 5.53. The number of aromatic nitrogens is 1. The first-order valence-corrected chi connectivity index (χ1v) is 5.66. The number of nitrogens with one attached hydrogen (secondary N) is 1. The Morgan fingerprint density at radius 2 is 2.36 bits per heavy atom. The van der Waals surface area contributed by atoms with Gasteiger partial charge >= 0.3 is 0 Å². The number of nitrogens with two attached hydrogens (primary N) is 1. The minimum atomic E-state index is 0.601. The Morgan fingerprint density at radius 1 is 1.57 bits per heavy atom. The smallest absolute Gasteiger partial charge is 0.139 e. The summed E-state index contributed by atoms with van der Waals surface area (Å²) in [5, 5.41) is 4.42. The summed E-state index contributed by atoms with van der Waals surface area (Å²) in [6.45, 7) is 2.80. The largest absolute Gasteiger partial charge is 0.383 e. The van der Waals surface area contributed by atoms with Crippen LogP contribution in [0.4, 0.5) is 10.8 Å².